The lowest BCUT2D eigenvalue weighted by Crippen LogP contribution is -2.40. The highest BCUT2D eigenvalue weighted by atomic mass is 16.3. The topological polar surface area (TPSA) is 32.3 Å². The lowest BCUT2D eigenvalue weighted by Gasteiger charge is -2.33. The minimum atomic E-state index is -0.281. The van der Waals surface area contributed by atoms with E-state index in [1.165, 1.54) is 11.1 Å². The third kappa shape index (κ3) is 2.70. The molecule has 0 aromatic heterocycles. The van der Waals surface area contributed by atoms with Gasteiger partial charge in [0.15, 0.2) is 0 Å². The van der Waals surface area contributed by atoms with Gasteiger partial charge in [0.2, 0.25) is 0 Å². The van der Waals surface area contributed by atoms with E-state index in [0.717, 1.165) is 25.8 Å². The highest BCUT2D eigenvalue weighted by molar-refractivity contribution is 5.33. The summed E-state index contributed by atoms with van der Waals surface area (Å²) in [6.07, 6.45) is 3.01. The van der Waals surface area contributed by atoms with Crippen LogP contribution >= 0.6 is 0 Å². The van der Waals surface area contributed by atoms with Gasteiger partial charge in [-0.2, -0.15) is 0 Å². The van der Waals surface area contributed by atoms with Crippen LogP contribution in [0.3, 0.4) is 0 Å². The van der Waals surface area contributed by atoms with Gasteiger partial charge in [0.05, 0.1) is 12.1 Å². The van der Waals surface area contributed by atoms with E-state index >= 15 is 0 Å². The number of aliphatic hydroxyl groups is 1. The predicted molar refractivity (Wildman–Crippen MR) is 71.0 cm³/mol. The summed E-state index contributed by atoms with van der Waals surface area (Å²) in [7, 11) is 0. The monoisotopic (exact) mass is 233 g/mol. The molecule has 2 rings (SSSR count). The Morgan fingerprint density at radius 1 is 1.41 bits per heavy atom. The Balaban J connectivity index is 2.17. The van der Waals surface area contributed by atoms with Crippen molar-refractivity contribution < 1.29 is 5.11 Å². The number of hydrogen-bond donors (Lipinski definition) is 2. The molecule has 0 aliphatic carbocycles. The normalized spacial score (nSPS) is 22.9. The van der Waals surface area contributed by atoms with Crippen LogP contribution in [0.25, 0.3) is 0 Å². The molecule has 0 spiro atoms. The fourth-order valence-corrected chi connectivity index (χ4v) is 2.80. The summed E-state index contributed by atoms with van der Waals surface area (Å²) in [5, 5.41) is 13.9. The maximum Gasteiger partial charge on any atom is 0.0760 e. The van der Waals surface area contributed by atoms with Crippen LogP contribution in [0.1, 0.15) is 43.9 Å². The van der Waals surface area contributed by atoms with Crippen LogP contribution in [0.4, 0.5) is 0 Å². The van der Waals surface area contributed by atoms with Gasteiger partial charge >= 0.3 is 0 Å². The van der Waals surface area contributed by atoms with E-state index in [0.29, 0.717) is 5.92 Å². The molecule has 94 valence electrons. The summed E-state index contributed by atoms with van der Waals surface area (Å²) in [6, 6.07) is 8.59. The molecule has 0 amide bonds. The van der Waals surface area contributed by atoms with E-state index in [4.69, 9.17) is 0 Å². The van der Waals surface area contributed by atoms with Gasteiger partial charge in [0, 0.05) is 0 Å². The van der Waals surface area contributed by atoms with E-state index in [1.807, 2.05) is 0 Å². The quantitative estimate of drug-likeness (QED) is 0.838. The molecule has 3 unspecified atom stereocenters. The molecule has 2 nitrogen and oxygen atoms in total. The number of aliphatic hydroxyl groups excluding tert-OH is 1. The van der Waals surface area contributed by atoms with E-state index in [1.54, 1.807) is 0 Å². The summed E-state index contributed by atoms with van der Waals surface area (Å²) >= 11 is 0. The molecular formula is C15H23NO. The van der Waals surface area contributed by atoms with Crippen molar-refractivity contribution in [2.75, 3.05) is 6.54 Å². The Morgan fingerprint density at radius 3 is 2.94 bits per heavy atom. The number of hydrogen-bond acceptors (Lipinski definition) is 2. The van der Waals surface area contributed by atoms with Gasteiger partial charge in [0.25, 0.3) is 0 Å². The SMILES string of the molecule is CCCC(C)C(O)C1NCCc2ccccc21. The highest BCUT2D eigenvalue weighted by Crippen LogP contribution is 2.29. The van der Waals surface area contributed by atoms with Crippen LogP contribution in [0, 0.1) is 5.92 Å². The van der Waals surface area contributed by atoms with Gasteiger partial charge in [-0.15, -0.1) is 0 Å². The maximum absolute atomic E-state index is 10.5. The maximum atomic E-state index is 10.5. The molecule has 1 heterocycles. The van der Waals surface area contributed by atoms with Gasteiger partial charge in [-0.1, -0.05) is 44.5 Å². The first-order chi connectivity index (χ1) is 8.24. The number of nitrogens with one attached hydrogen (secondary N) is 1. The molecule has 2 N–H and O–H groups in total. The van der Waals surface area contributed by atoms with E-state index in [2.05, 4.69) is 43.4 Å². The van der Waals surface area contributed by atoms with Gasteiger partial charge in [-0.3, -0.25) is 0 Å². The van der Waals surface area contributed by atoms with Crippen LogP contribution in [0.2, 0.25) is 0 Å². The Kier molecular flexibility index (Phi) is 4.19. The molecule has 2 heteroatoms. The second-order valence-corrected chi connectivity index (χ2v) is 5.14. The third-order valence-corrected chi connectivity index (χ3v) is 3.82. The second-order valence-electron chi connectivity index (χ2n) is 5.14. The first kappa shape index (κ1) is 12.6. The fraction of sp³-hybridized carbons (Fsp3) is 0.600. The largest absolute Gasteiger partial charge is 0.391 e. The van der Waals surface area contributed by atoms with Crippen molar-refractivity contribution in [2.45, 2.75) is 45.3 Å². The fourth-order valence-electron chi connectivity index (χ4n) is 2.80. The molecule has 1 aliphatic rings. The highest BCUT2D eigenvalue weighted by Gasteiger charge is 2.28. The summed E-state index contributed by atoms with van der Waals surface area (Å²) < 4.78 is 0. The van der Waals surface area contributed by atoms with Crippen molar-refractivity contribution in [1.82, 2.24) is 5.32 Å². The van der Waals surface area contributed by atoms with Gasteiger partial charge < -0.3 is 10.4 Å². The average Bonchev–Trinajstić information content (AvgIpc) is 2.37. The van der Waals surface area contributed by atoms with Crippen molar-refractivity contribution in [2.24, 2.45) is 5.92 Å². The van der Waals surface area contributed by atoms with Gasteiger partial charge in [0.1, 0.15) is 0 Å². The first-order valence-corrected chi connectivity index (χ1v) is 6.73. The van der Waals surface area contributed by atoms with Crippen LogP contribution < -0.4 is 5.32 Å². The van der Waals surface area contributed by atoms with Gasteiger partial charge in [-0.05, 0) is 36.4 Å². The Labute approximate surface area is 104 Å². The molecule has 0 radical (unpaired) electrons. The first-order valence-electron chi connectivity index (χ1n) is 6.73. The van der Waals surface area contributed by atoms with E-state index < -0.39 is 0 Å². The smallest absolute Gasteiger partial charge is 0.0760 e. The number of fused-ring (bicyclic) bond motifs is 1. The Hall–Kier alpha value is -0.860. The zero-order valence-corrected chi connectivity index (χ0v) is 10.8. The van der Waals surface area contributed by atoms with Crippen molar-refractivity contribution in [3.05, 3.63) is 35.4 Å². The minimum absolute atomic E-state index is 0.112. The van der Waals surface area contributed by atoms with Crippen LogP contribution in [-0.2, 0) is 6.42 Å². The molecule has 1 aliphatic heterocycles. The number of benzene rings is 1. The third-order valence-electron chi connectivity index (χ3n) is 3.82. The average molecular weight is 233 g/mol. The lowest BCUT2D eigenvalue weighted by atomic mass is 9.85. The zero-order chi connectivity index (χ0) is 12.3. The molecule has 3 atom stereocenters. The van der Waals surface area contributed by atoms with Crippen molar-refractivity contribution in [3.63, 3.8) is 0 Å². The van der Waals surface area contributed by atoms with Crippen molar-refractivity contribution in [3.8, 4) is 0 Å². The molecular weight excluding hydrogens is 210 g/mol. The van der Waals surface area contributed by atoms with Crippen molar-refractivity contribution in [1.29, 1.82) is 0 Å². The summed E-state index contributed by atoms with van der Waals surface area (Å²) in [5.41, 5.74) is 2.67. The second kappa shape index (κ2) is 5.65. The van der Waals surface area contributed by atoms with E-state index in [-0.39, 0.29) is 12.1 Å². The molecule has 1 aromatic carbocycles. The molecule has 0 saturated carbocycles. The Morgan fingerprint density at radius 2 is 2.18 bits per heavy atom. The molecule has 0 bridgehead atoms. The molecule has 1 aromatic rings. The van der Waals surface area contributed by atoms with Gasteiger partial charge in [-0.25, -0.2) is 0 Å². The van der Waals surface area contributed by atoms with Crippen LogP contribution in [-0.4, -0.2) is 17.8 Å². The Bertz CT molecular complexity index is 364. The molecule has 0 saturated heterocycles. The van der Waals surface area contributed by atoms with Crippen LogP contribution in [0.5, 0.6) is 0 Å². The predicted octanol–water partition coefficient (Wildman–Crippen LogP) is 2.67. The molecule has 17 heavy (non-hydrogen) atoms. The summed E-state index contributed by atoms with van der Waals surface area (Å²) in [5.74, 6) is 0.351. The van der Waals surface area contributed by atoms with Crippen molar-refractivity contribution >= 4 is 0 Å². The standard InChI is InChI=1S/C15H23NO/c1-3-6-11(2)15(17)14-13-8-5-4-7-12(13)9-10-16-14/h4-5,7-8,11,14-17H,3,6,9-10H2,1-2H3. The molecule has 0 fully saturated rings. The lowest BCUT2D eigenvalue weighted by molar-refractivity contribution is 0.0689. The minimum Gasteiger partial charge on any atom is -0.391 e. The van der Waals surface area contributed by atoms with Crippen LogP contribution in [0.15, 0.2) is 24.3 Å². The summed E-state index contributed by atoms with van der Waals surface area (Å²) in [6.45, 7) is 5.29. The summed E-state index contributed by atoms with van der Waals surface area (Å²) in [4.78, 5) is 0. The van der Waals surface area contributed by atoms with E-state index in [9.17, 15) is 5.11 Å². The zero-order valence-electron chi connectivity index (χ0n) is 10.8. The number of rotatable bonds is 4.